The van der Waals surface area contributed by atoms with Gasteiger partial charge in [0, 0.05) is 26.6 Å². The Morgan fingerprint density at radius 3 is 2.70 bits per heavy atom. The number of nitrogens with zero attached hydrogens (tertiary/aromatic N) is 3. The monoisotopic (exact) mass is 429 g/mol. The summed E-state index contributed by atoms with van der Waals surface area (Å²) < 4.78 is 57.4. The average molecular weight is 429 g/mol. The van der Waals surface area contributed by atoms with Crippen LogP contribution in [0.2, 0.25) is 0 Å². The van der Waals surface area contributed by atoms with E-state index in [1.165, 1.54) is 30.2 Å². The molecule has 0 bridgehead atoms. The van der Waals surface area contributed by atoms with E-state index in [2.05, 4.69) is 14.9 Å². The molecule has 1 aliphatic rings. The minimum absolute atomic E-state index is 0.0546. The minimum atomic E-state index is -4.86. The van der Waals surface area contributed by atoms with Crippen LogP contribution in [0.15, 0.2) is 28.8 Å². The van der Waals surface area contributed by atoms with E-state index in [4.69, 9.17) is 14.0 Å². The van der Waals surface area contributed by atoms with Crippen molar-refractivity contribution in [1.29, 1.82) is 0 Å². The van der Waals surface area contributed by atoms with Gasteiger partial charge in [0.2, 0.25) is 0 Å². The molecule has 1 aromatic heterocycles. The molecule has 0 spiro atoms. The molecule has 164 valence electrons. The third kappa shape index (κ3) is 6.17. The highest BCUT2D eigenvalue weighted by molar-refractivity contribution is 5.97. The SMILES string of the molecule is COCc1nc(CCOC2CCN(C(=O)c3ccccc3OC(F)(F)F)CC2)no1. The summed E-state index contributed by atoms with van der Waals surface area (Å²) in [4.78, 5) is 18.3. The number of likely N-dealkylation sites (tertiary alicyclic amines) is 1. The fourth-order valence-corrected chi connectivity index (χ4v) is 3.14. The van der Waals surface area contributed by atoms with E-state index in [1.807, 2.05) is 0 Å². The van der Waals surface area contributed by atoms with Crippen molar-refractivity contribution in [3.63, 3.8) is 0 Å². The summed E-state index contributed by atoms with van der Waals surface area (Å²) >= 11 is 0. The molecule has 1 saturated heterocycles. The molecule has 2 aromatic rings. The Labute approximate surface area is 170 Å². The van der Waals surface area contributed by atoms with E-state index < -0.39 is 18.0 Å². The number of alkyl halides is 3. The summed E-state index contributed by atoms with van der Waals surface area (Å²) in [7, 11) is 1.53. The first-order valence-electron chi connectivity index (χ1n) is 9.42. The van der Waals surface area contributed by atoms with Crippen LogP contribution in [0.25, 0.3) is 0 Å². The Kier molecular flexibility index (Phi) is 7.27. The van der Waals surface area contributed by atoms with Crippen LogP contribution < -0.4 is 4.74 Å². The molecule has 1 aromatic carbocycles. The Balaban J connectivity index is 1.46. The highest BCUT2D eigenvalue weighted by Gasteiger charge is 2.34. The number of rotatable bonds is 8. The van der Waals surface area contributed by atoms with E-state index >= 15 is 0 Å². The molecule has 0 N–H and O–H groups in total. The fourth-order valence-electron chi connectivity index (χ4n) is 3.14. The van der Waals surface area contributed by atoms with Gasteiger partial charge < -0.3 is 23.6 Å². The quantitative estimate of drug-likeness (QED) is 0.638. The van der Waals surface area contributed by atoms with Crippen LogP contribution in [0.4, 0.5) is 13.2 Å². The summed E-state index contributed by atoms with van der Waals surface area (Å²) in [6.45, 7) is 1.40. The Morgan fingerprint density at radius 1 is 1.27 bits per heavy atom. The van der Waals surface area contributed by atoms with Crippen LogP contribution in [-0.2, 0) is 22.5 Å². The summed E-state index contributed by atoms with van der Waals surface area (Å²) in [6.07, 6.45) is -3.28. The van der Waals surface area contributed by atoms with Gasteiger partial charge in [0.05, 0.1) is 18.3 Å². The van der Waals surface area contributed by atoms with Crippen molar-refractivity contribution in [3.8, 4) is 5.75 Å². The zero-order valence-corrected chi connectivity index (χ0v) is 16.4. The summed E-state index contributed by atoms with van der Waals surface area (Å²) in [6, 6.07) is 5.35. The maximum Gasteiger partial charge on any atom is 0.573 e. The van der Waals surface area contributed by atoms with E-state index in [0.717, 1.165) is 6.07 Å². The Hall–Kier alpha value is -2.66. The second-order valence-electron chi connectivity index (χ2n) is 6.69. The zero-order chi connectivity index (χ0) is 21.6. The Morgan fingerprint density at radius 2 is 2.00 bits per heavy atom. The number of methoxy groups -OCH3 is 1. The number of para-hydroxylation sites is 1. The molecule has 11 heteroatoms. The molecule has 0 saturated carbocycles. The van der Waals surface area contributed by atoms with Crippen LogP contribution in [0.5, 0.6) is 5.75 Å². The number of piperidine rings is 1. The maximum absolute atomic E-state index is 12.7. The molecule has 3 rings (SSSR count). The summed E-state index contributed by atoms with van der Waals surface area (Å²) in [5, 5.41) is 3.83. The van der Waals surface area contributed by atoms with Crippen molar-refractivity contribution in [2.75, 3.05) is 26.8 Å². The molecule has 0 atom stereocenters. The summed E-state index contributed by atoms with van der Waals surface area (Å²) in [5.41, 5.74) is -0.113. The first-order chi connectivity index (χ1) is 14.4. The Bertz CT molecular complexity index is 835. The number of halogens is 3. The molecule has 0 unspecified atom stereocenters. The molecule has 0 radical (unpaired) electrons. The lowest BCUT2D eigenvalue weighted by Crippen LogP contribution is -2.41. The van der Waals surface area contributed by atoms with Crippen LogP contribution >= 0.6 is 0 Å². The fraction of sp³-hybridized carbons (Fsp3) is 0.526. The van der Waals surface area contributed by atoms with Crippen LogP contribution in [0.3, 0.4) is 0 Å². The van der Waals surface area contributed by atoms with Gasteiger partial charge in [-0.15, -0.1) is 13.2 Å². The molecular formula is C19H22F3N3O5. The van der Waals surface area contributed by atoms with Gasteiger partial charge in [0.15, 0.2) is 5.82 Å². The number of hydrogen-bond donors (Lipinski definition) is 0. The molecule has 8 nitrogen and oxygen atoms in total. The van der Waals surface area contributed by atoms with Crippen LogP contribution in [0.1, 0.15) is 34.9 Å². The smallest absolute Gasteiger partial charge is 0.405 e. The largest absolute Gasteiger partial charge is 0.573 e. The molecule has 2 heterocycles. The van der Waals surface area contributed by atoms with Gasteiger partial charge in [-0.05, 0) is 25.0 Å². The van der Waals surface area contributed by atoms with Gasteiger partial charge in [-0.25, -0.2) is 0 Å². The molecule has 0 aliphatic carbocycles. The average Bonchev–Trinajstić information content (AvgIpc) is 3.15. The van der Waals surface area contributed by atoms with E-state index in [1.54, 1.807) is 0 Å². The predicted octanol–water partition coefficient (Wildman–Crippen LogP) is 2.98. The lowest BCUT2D eigenvalue weighted by atomic mass is 10.1. The third-order valence-corrected chi connectivity index (χ3v) is 4.53. The number of ether oxygens (including phenoxy) is 3. The number of amides is 1. The first kappa shape index (κ1) is 22.0. The van der Waals surface area contributed by atoms with E-state index in [9.17, 15) is 18.0 Å². The van der Waals surface area contributed by atoms with E-state index in [-0.39, 0.29) is 18.3 Å². The standard InChI is InChI=1S/C19H22F3N3O5/c1-27-12-17-23-16(24-30-17)8-11-28-13-6-9-25(10-7-13)18(26)14-4-2-3-5-15(14)29-19(20,21)22/h2-5,13H,6-12H2,1H3. The highest BCUT2D eigenvalue weighted by atomic mass is 19.4. The second-order valence-corrected chi connectivity index (χ2v) is 6.69. The van der Waals surface area contributed by atoms with Crippen molar-refractivity contribution in [2.24, 2.45) is 0 Å². The number of aromatic nitrogens is 2. The molecule has 1 aliphatic heterocycles. The molecule has 30 heavy (non-hydrogen) atoms. The van der Waals surface area contributed by atoms with E-state index in [0.29, 0.717) is 50.7 Å². The maximum atomic E-state index is 12.7. The van der Waals surface area contributed by atoms with Crippen molar-refractivity contribution in [3.05, 3.63) is 41.5 Å². The topological polar surface area (TPSA) is 86.9 Å². The third-order valence-electron chi connectivity index (χ3n) is 4.53. The van der Waals surface area contributed by atoms with Crippen molar-refractivity contribution in [2.45, 2.75) is 38.3 Å². The second kappa shape index (κ2) is 9.90. The molecule has 1 fully saturated rings. The summed E-state index contributed by atoms with van der Waals surface area (Å²) in [5.74, 6) is -0.0721. The van der Waals surface area contributed by atoms with Gasteiger partial charge in [0.1, 0.15) is 12.4 Å². The first-order valence-corrected chi connectivity index (χ1v) is 9.42. The number of benzene rings is 1. The molecular weight excluding hydrogens is 407 g/mol. The van der Waals surface area contributed by atoms with Crippen molar-refractivity contribution in [1.82, 2.24) is 15.0 Å². The minimum Gasteiger partial charge on any atom is -0.405 e. The lowest BCUT2D eigenvalue weighted by molar-refractivity contribution is -0.274. The van der Waals surface area contributed by atoms with Gasteiger partial charge in [-0.2, -0.15) is 4.98 Å². The van der Waals surface area contributed by atoms with Crippen LogP contribution in [-0.4, -0.2) is 60.2 Å². The van der Waals surface area contributed by atoms with Crippen molar-refractivity contribution >= 4 is 5.91 Å². The molecule has 1 amide bonds. The lowest BCUT2D eigenvalue weighted by Gasteiger charge is -2.32. The van der Waals surface area contributed by atoms with Crippen LogP contribution in [0, 0.1) is 0 Å². The number of hydrogen-bond acceptors (Lipinski definition) is 7. The highest BCUT2D eigenvalue weighted by Crippen LogP contribution is 2.28. The van der Waals surface area contributed by atoms with Gasteiger partial charge in [-0.1, -0.05) is 17.3 Å². The predicted molar refractivity (Wildman–Crippen MR) is 96.7 cm³/mol. The number of carbonyl (C=O) groups is 1. The number of carbonyl (C=O) groups excluding carboxylic acids is 1. The van der Waals surface area contributed by atoms with Gasteiger partial charge in [-0.3, -0.25) is 4.79 Å². The van der Waals surface area contributed by atoms with Crippen molar-refractivity contribution < 1.29 is 36.7 Å². The zero-order valence-electron chi connectivity index (χ0n) is 16.4. The van der Waals surface area contributed by atoms with Gasteiger partial charge in [0.25, 0.3) is 11.8 Å². The normalized spacial score (nSPS) is 15.4. The van der Waals surface area contributed by atoms with Gasteiger partial charge >= 0.3 is 6.36 Å².